The van der Waals surface area contributed by atoms with Gasteiger partial charge in [0.25, 0.3) is 0 Å². The van der Waals surface area contributed by atoms with E-state index < -0.39 is 0 Å². The molecule has 0 aliphatic carbocycles. The van der Waals surface area contributed by atoms with Crippen LogP contribution >= 0.6 is 0 Å². The topological polar surface area (TPSA) is 29.5 Å². The Morgan fingerprint density at radius 2 is 1.81 bits per heavy atom. The molecule has 0 fully saturated rings. The molecule has 0 unspecified atom stereocenters. The quantitative estimate of drug-likeness (QED) is 0.789. The first kappa shape index (κ1) is 10.8. The molecule has 0 aliphatic heterocycles. The standard InChI is InChI=1S/C14H16O2/c1-2-3-10-16-14-9-8-13(15)11-6-4-5-7-12(11)14/h4-9,15H,2-3,10H2,1H3. The summed E-state index contributed by atoms with van der Waals surface area (Å²) in [4.78, 5) is 0. The fourth-order valence-corrected chi connectivity index (χ4v) is 1.71. The molecule has 0 aliphatic rings. The molecular weight excluding hydrogens is 200 g/mol. The highest BCUT2D eigenvalue weighted by atomic mass is 16.5. The van der Waals surface area contributed by atoms with Gasteiger partial charge in [0, 0.05) is 10.8 Å². The highest BCUT2D eigenvalue weighted by Gasteiger charge is 2.04. The molecule has 0 saturated carbocycles. The first-order valence-corrected chi connectivity index (χ1v) is 5.66. The third-order valence-electron chi connectivity index (χ3n) is 2.62. The van der Waals surface area contributed by atoms with Gasteiger partial charge in [0.15, 0.2) is 0 Å². The van der Waals surface area contributed by atoms with E-state index in [1.165, 1.54) is 0 Å². The summed E-state index contributed by atoms with van der Waals surface area (Å²) in [6.45, 7) is 2.86. The van der Waals surface area contributed by atoms with E-state index in [-0.39, 0.29) is 0 Å². The normalized spacial score (nSPS) is 10.6. The molecular formula is C14H16O2. The Morgan fingerprint density at radius 1 is 1.06 bits per heavy atom. The van der Waals surface area contributed by atoms with Crippen molar-refractivity contribution in [1.29, 1.82) is 0 Å². The molecule has 0 heterocycles. The highest BCUT2D eigenvalue weighted by molar-refractivity contribution is 5.92. The maximum Gasteiger partial charge on any atom is 0.127 e. The van der Waals surface area contributed by atoms with E-state index in [9.17, 15) is 5.11 Å². The van der Waals surface area contributed by atoms with Crippen molar-refractivity contribution in [3.63, 3.8) is 0 Å². The van der Waals surface area contributed by atoms with E-state index in [2.05, 4.69) is 6.92 Å². The molecule has 2 aromatic rings. The van der Waals surface area contributed by atoms with Crippen molar-refractivity contribution in [3.8, 4) is 11.5 Å². The lowest BCUT2D eigenvalue weighted by Gasteiger charge is -2.09. The number of hydrogen-bond acceptors (Lipinski definition) is 2. The second-order valence-corrected chi connectivity index (χ2v) is 3.83. The van der Waals surface area contributed by atoms with Gasteiger partial charge in [0.1, 0.15) is 11.5 Å². The van der Waals surface area contributed by atoms with Crippen LogP contribution in [0.5, 0.6) is 11.5 Å². The number of aromatic hydroxyl groups is 1. The first-order valence-electron chi connectivity index (χ1n) is 5.66. The van der Waals surface area contributed by atoms with E-state index in [1.54, 1.807) is 6.07 Å². The number of rotatable bonds is 4. The van der Waals surface area contributed by atoms with Gasteiger partial charge in [0.2, 0.25) is 0 Å². The van der Waals surface area contributed by atoms with Crippen molar-refractivity contribution in [2.24, 2.45) is 0 Å². The van der Waals surface area contributed by atoms with E-state index in [0.29, 0.717) is 5.75 Å². The fraction of sp³-hybridized carbons (Fsp3) is 0.286. The van der Waals surface area contributed by atoms with Crippen LogP contribution in [0.1, 0.15) is 19.8 Å². The fourth-order valence-electron chi connectivity index (χ4n) is 1.71. The Kier molecular flexibility index (Phi) is 3.30. The molecule has 0 saturated heterocycles. The average molecular weight is 216 g/mol. The van der Waals surface area contributed by atoms with Crippen molar-refractivity contribution in [1.82, 2.24) is 0 Å². The van der Waals surface area contributed by atoms with Crippen LogP contribution in [-0.2, 0) is 0 Å². The van der Waals surface area contributed by atoms with Gasteiger partial charge in [-0.15, -0.1) is 0 Å². The van der Waals surface area contributed by atoms with E-state index in [1.807, 2.05) is 30.3 Å². The zero-order chi connectivity index (χ0) is 11.4. The predicted molar refractivity (Wildman–Crippen MR) is 66.0 cm³/mol. The molecule has 0 atom stereocenters. The monoisotopic (exact) mass is 216 g/mol. The predicted octanol–water partition coefficient (Wildman–Crippen LogP) is 3.72. The summed E-state index contributed by atoms with van der Waals surface area (Å²) in [5.74, 6) is 1.15. The molecule has 2 aromatic carbocycles. The van der Waals surface area contributed by atoms with Gasteiger partial charge in [-0.3, -0.25) is 0 Å². The van der Waals surface area contributed by atoms with E-state index in [4.69, 9.17) is 4.74 Å². The van der Waals surface area contributed by atoms with Crippen molar-refractivity contribution in [2.75, 3.05) is 6.61 Å². The summed E-state index contributed by atoms with van der Waals surface area (Å²) in [6, 6.07) is 11.2. The lowest BCUT2D eigenvalue weighted by Crippen LogP contribution is -1.96. The van der Waals surface area contributed by atoms with Crippen LogP contribution in [-0.4, -0.2) is 11.7 Å². The molecule has 0 spiro atoms. The molecule has 0 radical (unpaired) electrons. The first-order chi connectivity index (χ1) is 7.83. The lowest BCUT2D eigenvalue weighted by atomic mass is 10.1. The summed E-state index contributed by atoms with van der Waals surface area (Å²) in [5, 5.41) is 11.5. The summed E-state index contributed by atoms with van der Waals surface area (Å²) >= 11 is 0. The highest BCUT2D eigenvalue weighted by Crippen LogP contribution is 2.32. The Labute approximate surface area is 95.5 Å². The van der Waals surface area contributed by atoms with Crippen molar-refractivity contribution >= 4 is 10.8 Å². The van der Waals surface area contributed by atoms with Gasteiger partial charge in [-0.25, -0.2) is 0 Å². The lowest BCUT2D eigenvalue weighted by molar-refractivity contribution is 0.312. The van der Waals surface area contributed by atoms with Crippen LogP contribution in [0.3, 0.4) is 0 Å². The Hall–Kier alpha value is -1.70. The second-order valence-electron chi connectivity index (χ2n) is 3.83. The van der Waals surface area contributed by atoms with E-state index in [0.717, 1.165) is 36.0 Å². The Morgan fingerprint density at radius 3 is 2.56 bits per heavy atom. The van der Waals surface area contributed by atoms with Crippen LogP contribution in [0.4, 0.5) is 0 Å². The number of phenolic OH excluding ortho intramolecular Hbond substituents is 1. The number of fused-ring (bicyclic) bond motifs is 1. The number of hydrogen-bond donors (Lipinski definition) is 1. The smallest absolute Gasteiger partial charge is 0.127 e. The van der Waals surface area contributed by atoms with Crippen molar-refractivity contribution < 1.29 is 9.84 Å². The van der Waals surface area contributed by atoms with Crippen molar-refractivity contribution in [3.05, 3.63) is 36.4 Å². The van der Waals surface area contributed by atoms with Crippen molar-refractivity contribution in [2.45, 2.75) is 19.8 Å². The van der Waals surface area contributed by atoms with Crippen LogP contribution < -0.4 is 4.74 Å². The zero-order valence-electron chi connectivity index (χ0n) is 9.44. The largest absolute Gasteiger partial charge is 0.507 e. The maximum absolute atomic E-state index is 9.71. The van der Waals surface area contributed by atoms with Gasteiger partial charge >= 0.3 is 0 Å². The Balaban J connectivity index is 2.35. The van der Waals surface area contributed by atoms with Gasteiger partial charge in [-0.2, -0.15) is 0 Å². The van der Waals surface area contributed by atoms with Gasteiger partial charge in [0.05, 0.1) is 6.61 Å². The molecule has 16 heavy (non-hydrogen) atoms. The molecule has 2 nitrogen and oxygen atoms in total. The van der Waals surface area contributed by atoms with Crippen LogP contribution in [0.25, 0.3) is 10.8 Å². The molecule has 0 bridgehead atoms. The molecule has 2 heteroatoms. The van der Waals surface area contributed by atoms with Crippen LogP contribution in [0, 0.1) is 0 Å². The summed E-state index contributed by atoms with van der Waals surface area (Å²) in [5.41, 5.74) is 0. The number of ether oxygens (including phenoxy) is 1. The molecule has 0 amide bonds. The summed E-state index contributed by atoms with van der Waals surface area (Å²) in [7, 11) is 0. The van der Waals surface area contributed by atoms with Crippen LogP contribution in [0.2, 0.25) is 0 Å². The number of unbranched alkanes of at least 4 members (excludes halogenated alkanes) is 1. The average Bonchev–Trinajstić information content (AvgIpc) is 2.33. The van der Waals surface area contributed by atoms with E-state index >= 15 is 0 Å². The molecule has 0 aromatic heterocycles. The SMILES string of the molecule is CCCCOc1ccc(O)c2ccccc12. The van der Waals surface area contributed by atoms with Gasteiger partial charge in [-0.1, -0.05) is 37.6 Å². The number of phenols is 1. The summed E-state index contributed by atoms with van der Waals surface area (Å²) < 4.78 is 5.70. The summed E-state index contributed by atoms with van der Waals surface area (Å²) in [6.07, 6.45) is 2.17. The third-order valence-corrected chi connectivity index (χ3v) is 2.62. The second kappa shape index (κ2) is 4.88. The maximum atomic E-state index is 9.71. The third kappa shape index (κ3) is 2.11. The van der Waals surface area contributed by atoms with Crippen LogP contribution in [0.15, 0.2) is 36.4 Å². The molecule has 84 valence electrons. The molecule has 1 N–H and O–H groups in total. The minimum atomic E-state index is 0.304. The van der Waals surface area contributed by atoms with Gasteiger partial charge < -0.3 is 9.84 Å². The Bertz CT molecular complexity index is 477. The zero-order valence-corrected chi connectivity index (χ0v) is 9.44. The number of benzene rings is 2. The molecule has 2 rings (SSSR count). The van der Waals surface area contributed by atoms with Gasteiger partial charge in [-0.05, 0) is 18.6 Å². The minimum Gasteiger partial charge on any atom is -0.507 e. The minimum absolute atomic E-state index is 0.304.